The van der Waals surface area contributed by atoms with Gasteiger partial charge in [0, 0.05) is 7.14 Å². The Kier molecular flexibility index (Phi) is 6.71. The zero-order valence-corrected chi connectivity index (χ0v) is 13.1. The topological polar surface area (TPSA) is 0 Å². The average molecular weight is 434 g/mol. The van der Waals surface area contributed by atoms with Crippen LogP contribution >= 0.6 is 45.2 Å². The average Bonchev–Trinajstić information content (AvgIpc) is 2.31. The van der Waals surface area contributed by atoms with Gasteiger partial charge in [-0.25, -0.2) is 0 Å². The van der Waals surface area contributed by atoms with Crippen molar-refractivity contribution in [2.24, 2.45) is 0 Å². The molecule has 0 nitrogen and oxygen atoms in total. The Morgan fingerprint density at radius 1 is 0.812 bits per heavy atom. The van der Waals surface area contributed by atoms with Crippen LogP contribution in [0.15, 0.2) is 61.2 Å². The van der Waals surface area contributed by atoms with Crippen LogP contribution in [0.1, 0.15) is 5.56 Å². The predicted octanol–water partition coefficient (Wildman–Crippen LogP) is 5.23. The minimum absolute atomic E-state index is 1.21. The lowest BCUT2D eigenvalue weighted by Gasteiger charge is -1.93. The minimum Gasteiger partial charge on any atom is -0.0984 e. The van der Waals surface area contributed by atoms with E-state index < -0.39 is 0 Å². The van der Waals surface area contributed by atoms with Crippen molar-refractivity contribution in [2.45, 2.75) is 0 Å². The lowest BCUT2D eigenvalue weighted by atomic mass is 10.2. The van der Waals surface area contributed by atoms with Gasteiger partial charge >= 0.3 is 0 Å². The van der Waals surface area contributed by atoms with Crippen LogP contribution in [0.5, 0.6) is 0 Å². The van der Waals surface area contributed by atoms with Crippen LogP contribution < -0.4 is 0 Å². The molecule has 0 N–H and O–H groups in total. The molecule has 2 aromatic rings. The van der Waals surface area contributed by atoms with Crippen LogP contribution in [0.4, 0.5) is 0 Å². The second-order valence-corrected chi connectivity index (χ2v) is 5.43. The Morgan fingerprint density at radius 3 is 1.75 bits per heavy atom. The fraction of sp³-hybridized carbons (Fsp3) is 0. The monoisotopic (exact) mass is 434 g/mol. The maximum atomic E-state index is 3.69. The maximum absolute atomic E-state index is 3.69. The first-order chi connectivity index (χ1) is 7.74. The van der Waals surface area contributed by atoms with Crippen LogP contribution in [-0.4, -0.2) is 0 Å². The molecule has 0 aromatic heterocycles. The lowest BCUT2D eigenvalue weighted by molar-refractivity contribution is 1.60. The maximum Gasteiger partial charge on any atom is 0.0202 e. The summed E-state index contributed by atoms with van der Waals surface area (Å²) in [6.45, 7) is 3.69. The molecule has 0 unspecified atom stereocenters. The van der Waals surface area contributed by atoms with Crippen LogP contribution in [0, 0.1) is 7.14 Å². The molecule has 0 aliphatic carbocycles. The Hall–Kier alpha value is -0.360. The number of rotatable bonds is 1. The zero-order chi connectivity index (χ0) is 11.8. The van der Waals surface area contributed by atoms with Gasteiger partial charge in [0.1, 0.15) is 0 Å². The van der Waals surface area contributed by atoms with E-state index in [2.05, 4.69) is 76.0 Å². The second-order valence-electron chi connectivity index (χ2n) is 3.02. The Balaban J connectivity index is 0.000000165. The molecule has 0 radical (unpaired) electrons. The van der Waals surface area contributed by atoms with Crippen molar-refractivity contribution in [3.63, 3.8) is 0 Å². The number of hydrogen-bond donors (Lipinski definition) is 0. The SMILES string of the molecule is C=Cc1ccccc1I.Ic1ccccc1. The van der Waals surface area contributed by atoms with E-state index in [1.165, 1.54) is 12.7 Å². The minimum atomic E-state index is 1.21. The molecule has 0 bridgehead atoms. The van der Waals surface area contributed by atoms with Gasteiger partial charge in [-0.3, -0.25) is 0 Å². The summed E-state index contributed by atoms with van der Waals surface area (Å²) in [5.74, 6) is 0. The lowest BCUT2D eigenvalue weighted by Crippen LogP contribution is -1.74. The first kappa shape index (κ1) is 13.7. The number of benzene rings is 2. The molecule has 0 saturated heterocycles. The van der Waals surface area contributed by atoms with E-state index in [9.17, 15) is 0 Å². The van der Waals surface area contributed by atoms with E-state index in [1.807, 2.05) is 36.4 Å². The summed E-state index contributed by atoms with van der Waals surface area (Å²) in [5.41, 5.74) is 1.21. The number of halogens is 2. The van der Waals surface area contributed by atoms with E-state index in [4.69, 9.17) is 0 Å². The summed E-state index contributed by atoms with van der Waals surface area (Å²) in [6, 6.07) is 18.4. The van der Waals surface area contributed by atoms with Gasteiger partial charge < -0.3 is 0 Å². The van der Waals surface area contributed by atoms with Crippen molar-refractivity contribution in [3.8, 4) is 0 Å². The molecule has 0 amide bonds. The van der Waals surface area contributed by atoms with Crippen molar-refractivity contribution in [1.29, 1.82) is 0 Å². The van der Waals surface area contributed by atoms with Crippen molar-refractivity contribution in [3.05, 3.63) is 73.9 Å². The first-order valence-corrected chi connectivity index (χ1v) is 6.97. The first-order valence-electron chi connectivity index (χ1n) is 4.81. The molecular formula is C14H12I2. The summed E-state index contributed by atoms with van der Waals surface area (Å²) >= 11 is 4.57. The summed E-state index contributed by atoms with van der Waals surface area (Å²) < 4.78 is 2.55. The summed E-state index contributed by atoms with van der Waals surface area (Å²) in [5, 5.41) is 0. The van der Waals surface area contributed by atoms with Crippen molar-refractivity contribution in [1.82, 2.24) is 0 Å². The molecule has 0 aliphatic rings. The summed E-state index contributed by atoms with van der Waals surface area (Å²) in [7, 11) is 0. The Bertz CT molecular complexity index is 435. The van der Waals surface area contributed by atoms with Crippen LogP contribution in [0.3, 0.4) is 0 Å². The van der Waals surface area contributed by atoms with Gasteiger partial charge in [-0.2, -0.15) is 0 Å². The van der Waals surface area contributed by atoms with Gasteiger partial charge in [-0.15, -0.1) is 0 Å². The van der Waals surface area contributed by atoms with Crippen molar-refractivity contribution in [2.75, 3.05) is 0 Å². The van der Waals surface area contributed by atoms with E-state index in [-0.39, 0.29) is 0 Å². The van der Waals surface area contributed by atoms with Gasteiger partial charge in [0.2, 0.25) is 0 Å². The fourth-order valence-electron chi connectivity index (χ4n) is 1.06. The normalized spacial score (nSPS) is 8.88. The van der Waals surface area contributed by atoms with Crippen LogP contribution in [0.25, 0.3) is 6.08 Å². The highest BCUT2D eigenvalue weighted by molar-refractivity contribution is 14.1. The fourth-order valence-corrected chi connectivity index (χ4v) is 2.08. The molecule has 0 fully saturated rings. The Morgan fingerprint density at radius 2 is 1.38 bits per heavy atom. The van der Waals surface area contributed by atoms with Gasteiger partial charge in [-0.05, 0) is 68.9 Å². The molecule has 0 aliphatic heterocycles. The molecular weight excluding hydrogens is 422 g/mol. The van der Waals surface area contributed by atoms with E-state index >= 15 is 0 Å². The molecule has 2 heteroatoms. The molecule has 2 rings (SSSR count). The predicted molar refractivity (Wildman–Crippen MR) is 88.4 cm³/mol. The van der Waals surface area contributed by atoms with Gasteiger partial charge in [0.15, 0.2) is 0 Å². The number of hydrogen-bond acceptors (Lipinski definition) is 0. The zero-order valence-electron chi connectivity index (χ0n) is 8.74. The smallest absolute Gasteiger partial charge is 0.0202 e. The quantitative estimate of drug-likeness (QED) is 0.540. The van der Waals surface area contributed by atoms with Crippen LogP contribution in [0.2, 0.25) is 0 Å². The third kappa shape index (κ3) is 5.12. The van der Waals surface area contributed by atoms with Gasteiger partial charge in [-0.1, -0.05) is 49.1 Å². The molecule has 2 aromatic carbocycles. The Labute approximate surface area is 124 Å². The highest BCUT2D eigenvalue weighted by atomic mass is 127. The summed E-state index contributed by atoms with van der Waals surface area (Å²) in [6.07, 6.45) is 1.86. The van der Waals surface area contributed by atoms with E-state index in [0.29, 0.717) is 0 Å². The van der Waals surface area contributed by atoms with Crippen molar-refractivity contribution < 1.29 is 0 Å². The van der Waals surface area contributed by atoms with E-state index in [0.717, 1.165) is 0 Å². The third-order valence-corrected chi connectivity index (χ3v) is 3.56. The standard InChI is InChI=1S/C8H7I.C6H5I/c1-2-7-5-3-4-6-8(7)9;7-6-4-2-1-3-5-6/h2-6H,1H2;1-5H. The van der Waals surface area contributed by atoms with Gasteiger partial charge in [0.05, 0.1) is 0 Å². The van der Waals surface area contributed by atoms with E-state index in [1.54, 1.807) is 0 Å². The summed E-state index contributed by atoms with van der Waals surface area (Å²) in [4.78, 5) is 0. The molecule has 0 heterocycles. The van der Waals surface area contributed by atoms with Crippen LogP contribution in [-0.2, 0) is 0 Å². The molecule has 82 valence electrons. The largest absolute Gasteiger partial charge is 0.0984 e. The highest BCUT2D eigenvalue weighted by Crippen LogP contribution is 2.11. The second kappa shape index (κ2) is 7.84. The molecule has 0 saturated carbocycles. The highest BCUT2D eigenvalue weighted by Gasteiger charge is 1.88. The molecule has 0 atom stereocenters. The van der Waals surface area contributed by atoms with Crippen molar-refractivity contribution >= 4 is 51.3 Å². The third-order valence-electron chi connectivity index (χ3n) is 1.86. The van der Waals surface area contributed by atoms with Gasteiger partial charge in [0.25, 0.3) is 0 Å². The molecule has 0 spiro atoms. The molecule has 16 heavy (non-hydrogen) atoms.